The quantitative estimate of drug-likeness (QED) is 0.527. The average Bonchev–Trinajstić information content (AvgIpc) is 2.64. The van der Waals surface area contributed by atoms with Crippen molar-refractivity contribution in [3.63, 3.8) is 0 Å². The van der Waals surface area contributed by atoms with Crippen molar-refractivity contribution in [2.24, 2.45) is 0 Å². The van der Waals surface area contributed by atoms with Gasteiger partial charge in [0, 0.05) is 19.2 Å². The first-order valence-electron chi connectivity index (χ1n) is 4.53. The van der Waals surface area contributed by atoms with Crippen LogP contribution in [0, 0.1) is 0 Å². The van der Waals surface area contributed by atoms with Crippen molar-refractivity contribution in [3.05, 3.63) is 11.8 Å². The number of carbonyl (C=O) groups excluding carboxylic acids is 2. The number of hydrogen-bond donors (Lipinski definition) is 3. The minimum Gasteiger partial charge on any atom is -0.382 e. The summed E-state index contributed by atoms with van der Waals surface area (Å²) >= 11 is 0. The summed E-state index contributed by atoms with van der Waals surface area (Å²) in [5.41, 5.74) is 5.69. The largest absolute Gasteiger partial charge is 0.382 e. The van der Waals surface area contributed by atoms with Crippen LogP contribution >= 0.6 is 0 Å². The summed E-state index contributed by atoms with van der Waals surface area (Å²) in [7, 11) is 0. The number of rotatable bonds is 1. The zero-order valence-electron chi connectivity index (χ0n) is 7.99. The van der Waals surface area contributed by atoms with Crippen LogP contribution in [0.4, 0.5) is 5.82 Å². The van der Waals surface area contributed by atoms with E-state index in [1.807, 2.05) is 0 Å². The van der Waals surface area contributed by atoms with E-state index in [2.05, 4.69) is 15.5 Å². The molecule has 15 heavy (non-hydrogen) atoms. The lowest BCUT2D eigenvalue weighted by molar-refractivity contribution is -0.123. The molecule has 0 radical (unpaired) electrons. The van der Waals surface area contributed by atoms with Crippen molar-refractivity contribution in [2.75, 3.05) is 25.4 Å². The Kier molecular flexibility index (Phi) is 2.28. The standard InChI is InChI=1S/C8H11N5O2/c9-6-3-5(11-12-6)8(15)13-2-1-10-7(14)4-13/h3H,1-2,4H2,(H,10,14)(H3,9,11,12). The highest BCUT2D eigenvalue weighted by Gasteiger charge is 2.23. The second-order valence-corrected chi connectivity index (χ2v) is 3.28. The molecular weight excluding hydrogens is 198 g/mol. The van der Waals surface area contributed by atoms with Crippen LogP contribution in [0.5, 0.6) is 0 Å². The van der Waals surface area contributed by atoms with Gasteiger partial charge < -0.3 is 16.0 Å². The lowest BCUT2D eigenvalue weighted by Gasteiger charge is -2.25. The Morgan fingerprint density at radius 2 is 2.40 bits per heavy atom. The number of piperazine rings is 1. The number of amides is 2. The van der Waals surface area contributed by atoms with Gasteiger partial charge in [-0.2, -0.15) is 5.10 Å². The Labute approximate surface area is 85.6 Å². The zero-order chi connectivity index (χ0) is 10.8. The Morgan fingerprint density at radius 3 is 3.00 bits per heavy atom. The number of aromatic nitrogens is 2. The predicted octanol–water partition coefficient (Wildman–Crippen LogP) is -1.44. The molecule has 1 aliphatic rings. The normalized spacial score (nSPS) is 16.3. The van der Waals surface area contributed by atoms with Gasteiger partial charge >= 0.3 is 0 Å². The maximum atomic E-state index is 11.8. The van der Waals surface area contributed by atoms with Crippen LogP contribution in [-0.2, 0) is 4.79 Å². The Balaban J connectivity index is 2.10. The van der Waals surface area contributed by atoms with Crippen molar-refractivity contribution >= 4 is 17.6 Å². The molecule has 2 rings (SSSR count). The van der Waals surface area contributed by atoms with Crippen molar-refractivity contribution in [1.82, 2.24) is 20.4 Å². The monoisotopic (exact) mass is 209 g/mol. The van der Waals surface area contributed by atoms with E-state index in [1.54, 1.807) is 0 Å². The minimum absolute atomic E-state index is 0.0811. The fourth-order valence-electron chi connectivity index (χ4n) is 1.43. The summed E-state index contributed by atoms with van der Waals surface area (Å²) in [5, 5.41) is 8.82. The molecular formula is C8H11N5O2. The van der Waals surface area contributed by atoms with E-state index in [0.29, 0.717) is 18.8 Å². The molecule has 0 atom stereocenters. The van der Waals surface area contributed by atoms with Crippen LogP contribution in [0.1, 0.15) is 10.5 Å². The number of nitrogens with one attached hydrogen (secondary N) is 2. The molecule has 80 valence electrons. The van der Waals surface area contributed by atoms with Gasteiger partial charge in [0.2, 0.25) is 5.91 Å². The lowest BCUT2D eigenvalue weighted by atomic mass is 10.3. The number of aromatic amines is 1. The molecule has 0 saturated carbocycles. The number of H-pyrrole nitrogens is 1. The van der Waals surface area contributed by atoms with E-state index in [9.17, 15) is 9.59 Å². The van der Waals surface area contributed by atoms with Gasteiger partial charge in [0.25, 0.3) is 5.91 Å². The van der Waals surface area contributed by atoms with Gasteiger partial charge in [-0.1, -0.05) is 0 Å². The molecule has 2 amide bonds. The van der Waals surface area contributed by atoms with Gasteiger partial charge in [0.1, 0.15) is 11.5 Å². The van der Waals surface area contributed by atoms with E-state index in [-0.39, 0.29) is 24.2 Å². The van der Waals surface area contributed by atoms with Crippen LogP contribution in [0.15, 0.2) is 6.07 Å². The molecule has 0 unspecified atom stereocenters. The third kappa shape index (κ3) is 1.90. The molecule has 0 spiro atoms. The molecule has 7 nitrogen and oxygen atoms in total. The predicted molar refractivity (Wildman–Crippen MR) is 51.9 cm³/mol. The molecule has 0 aromatic carbocycles. The molecule has 0 bridgehead atoms. The van der Waals surface area contributed by atoms with E-state index in [0.717, 1.165) is 0 Å². The Morgan fingerprint density at radius 1 is 1.60 bits per heavy atom. The molecule has 1 aromatic heterocycles. The van der Waals surface area contributed by atoms with Crippen LogP contribution < -0.4 is 11.1 Å². The van der Waals surface area contributed by atoms with Crippen LogP contribution in [0.25, 0.3) is 0 Å². The first-order chi connectivity index (χ1) is 7.16. The van der Waals surface area contributed by atoms with E-state index in [4.69, 9.17) is 5.73 Å². The van der Waals surface area contributed by atoms with Crippen molar-refractivity contribution < 1.29 is 9.59 Å². The van der Waals surface area contributed by atoms with Gasteiger partial charge in [0.05, 0.1) is 6.54 Å². The zero-order valence-corrected chi connectivity index (χ0v) is 7.99. The average molecular weight is 209 g/mol. The van der Waals surface area contributed by atoms with Crippen LogP contribution in [0.2, 0.25) is 0 Å². The van der Waals surface area contributed by atoms with Gasteiger partial charge in [-0.3, -0.25) is 14.7 Å². The van der Waals surface area contributed by atoms with E-state index < -0.39 is 0 Å². The minimum atomic E-state index is -0.256. The molecule has 1 saturated heterocycles. The maximum absolute atomic E-state index is 11.8. The van der Waals surface area contributed by atoms with Crippen molar-refractivity contribution in [2.45, 2.75) is 0 Å². The number of nitrogen functional groups attached to an aromatic ring is 1. The molecule has 2 heterocycles. The molecule has 1 fully saturated rings. The van der Waals surface area contributed by atoms with Crippen molar-refractivity contribution in [1.29, 1.82) is 0 Å². The second kappa shape index (κ2) is 3.60. The highest BCUT2D eigenvalue weighted by atomic mass is 16.2. The molecule has 4 N–H and O–H groups in total. The topological polar surface area (TPSA) is 104 Å². The fraction of sp³-hybridized carbons (Fsp3) is 0.375. The number of nitrogens with two attached hydrogens (primary N) is 1. The smallest absolute Gasteiger partial charge is 0.272 e. The van der Waals surface area contributed by atoms with E-state index in [1.165, 1.54) is 11.0 Å². The summed E-state index contributed by atoms with van der Waals surface area (Å²) in [6, 6.07) is 1.45. The number of anilines is 1. The van der Waals surface area contributed by atoms with Gasteiger partial charge in [-0.15, -0.1) is 0 Å². The highest BCUT2D eigenvalue weighted by Crippen LogP contribution is 2.06. The number of nitrogens with zero attached hydrogens (tertiary/aromatic N) is 2. The number of carbonyl (C=O) groups is 2. The summed E-state index contributed by atoms with van der Waals surface area (Å²) in [6.45, 7) is 1.06. The van der Waals surface area contributed by atoms with Gasteiger partial charge in [-0.25, -0.2) is 0 Å². The molecule has 1 aromatic rings. The Hall–Kier alpha value is -2.05. The Bertz CT molecular complexity index is 399. The summed E-state index contributed by atoms with van der Waals surface area (Å²) in [6.07, 6.45) is 0. The van der Waals surface area contributed by atoms with Gasteiger partial charge in [0.15, 0.2) is 0 Å². The van der Waals surface area contributed by atoms with Crippen molar-refractivity contribution in [3.8, 4) is 0 Å². The van der Waals surface area contributed by atoms with Crippen LogP contribution in [-0.4, -0.2) is 46.5 Å². The molecule has 0 aliphatic carbocycles. The SMILES string of the molecule is Nc1cc(C(=O)N2CCNC(=O)C2)[nH]n1. The first kappa shape index (κ1) is 9.50. The fourth-order valence-corrected chi connectivity index (χ4v) is 1.43. The summed E-state index contributed by atoms with van der Waals surface area (Å²) < 4.78 is 0. The third-order valence-corrected chi connectivity index (χ3v) is 2.15. The third-order valence-electron chi connectivity index (χ3n) is 2.15. The van der Waals surface area contributed by atoms with Gasteiger partial charge in [-0.05, 0) is 0 Å². The number of hydrogen-bond acceptors (Lipinski definition) is 4. The maximum Gasteiger partial charge on any atom is 0.272 e. The highest BCUT2D eigenvalue weighted by molar-refractivity contribution is 5.96. The lowest BCUT2D eigenvalue weighted by Crippen LogP contribution is -2.50. The van der Waals surface area contributed by atoms with E-state index >= 15 is 0 Å². The second-order valence-electron chi connectivity index (χ2n) is 3.28. The van der Waals surface area contributed by atoms with Crippen LogP contribution in [0.3, 0.4) is 0 Å². The summed E-state index contributed by atoms with van der Waals surface area (Å²) in [5.74, 6) is -0.143. The molecule has 7 heteroatoms. The summed E-state index contributed by atoms with van der Waals surface area (Å²) in [4.78, 5) is 24.3. The first-order valence-corrected chi connectivity index (χ1v) is 4.53. The molecule has 1 aliphatic heterocycles.